The van der Waals surface area contributed by atoms with E-state index in [1.807, 2.05) is 74.4 Å². The molecule has 2 aromatic rings. The Morgan fingerprint density at radius 2 is 1.13 bits per heavy atom. The van der Waals surface area contributed by atoms with E-state index in [0.29, 0.717) is 11.5 Å². The topological polar surface area (TPSA) is 59.1 Å². The molecule has 6 nitrogen and oxygen atoms in total. The number of hydrogen-bond donors (Lipinski definition) is 0. The van der Waals surface area contributed by atoms with Crippen molar-refractivity contribution < 1.29 is 19.1 Å². The van der Waals surface area contributed by atoms with Crippen LogP contribution in [0.25, 0.3) is 12.2 Å². The third-order valence-corrected chi connectivity index (χ3v) is 4.71. The summed E-state index contributed by atoms with van der Waals surface area (Å²) in [5.41, 5.74) is 3.54. The van der Waals surface area contributed by atoms with Crippen LogP contribution in [0.1, 0.15) is 17.5 Å². The number of hydrogen-bond acceptors (Lipinski definition) is 6. The van der Waals surface area contributed by atoms with E-state index >= 15 is 0 Å². The summed E-state index contributed by atoms with van der Waals surface area (Å²) in [6.45, 7) is 0. The smallest absolute Gasteiger partial charge is 0.163 e. The Morgan fingerprint density at radius 1 is 0.742 bits per heavy atom. The summed E-state index contributed by atoms with van der Waals surface area (Å²) in [4.78, 5) is 28.4. The zero-order valence-electron chi connectivity index (χ0n) is 19.0. The van der Waals surface area contributed by atoms with Crippen LogP contribution in [0.15, 0.2) is 48.6 Å². The molecule has 0 aliphatic heterocycles. The number of ketones is 2. The number of anilines is 2. The van der Waals surface area contributed by atoms with Crippen molar-refractivity contribution in [3.63, 3.8) is 0 Å². The van der Waals surface area contributed by atoms with Crippen molar-refractivity contribution in [1.29, 1.82) is 0 Å². The van der Waals surface area contributed by atoms with Crippen LogP contribution >= 0.6 is 0 Å². The molecular weight excluding hydrogens is 392 g/mol. The molecule has 0 unspecified atom stereocenters. The maximum atomic E-state index is 12.2. The molecule has 0 radical (unpaired) electrons. The maximum Gasteiger partial charge on any atom is 0.163 e. The molecule has 6 heteroatoms. The summed E-state index contributed by atoms with van der Waals surface area (Å²) in [6, 6.07) is 11.4. The zero-order valence-corrected chi connectivity index (χ0v) is 19.0. The molecule has 2 aromatic carbocycles. The van der Waals surface area contributed by atoms with Crippen LogP contribution in [-0.4, -0.2) is 54.0 Å². The number of nitrogens with zero attached hydrogens (tertiary/aromatic N) is 2. The molecule has 0 aliphatic rings. The standard InChI is InChI=1S/C25H30N2O4/c1-26(2)20-11-7-18(24(15-20)30-5)9-13-22(28)17-23(29)14-10-19-8-12-21(27(3)4)16-25(19)31-6/h7-16H,17H2,1-6H3/b13-9+,14-10+. The fraction of sp³-hybridized carbons (Fsp3) is 0.280. The number of carbonyl (C=O) groups is 2. The van der Waals surface area contributed by atoms with Gasteiger partial charge in [-0.25, -0.2) is 0 Å². The van der Waals surface area contributed by atoms with Gasteiger partial charge in [0.05, 0.1) is 20.6 Å². The number of ether oxygens (including phenoxy) is 2. The molecule has 0 aliphatic carbocycles. The van der Waals surface area contributed by atoms with Gasteiger partial charge in [0, 0.05) is 62.8 Å². The van der Waals surface area contributed by atoms with Gasteiger partial charge in [-0.3, -0.25) is 9.59 Å². The summed E-state index contributed by atoms with van der Waals surface area (Å²) in [7, 11) is 10.9. The first-order valence-electron chi connectivity index (χ1n) is 9.87. The van der Waals surface area contributed by atoms with Crippen molar-refractivity contribution in [2.24, 2.45) is 0 Å². The average molecular weight is 423 g/mol. The van der Waals surface area contributed by atoms with Gasteiger partial charge < -0.3 is 19.3 Å². The predicted molar refractivity (Wildman–Crippen MR) is 127 cm³/mol. The van der Waals surface area contributed by atoms with Crippen LogP contribution < -0.4 is 19.3 Å². The number of allylic oxidation sites excluding steroid dienone is 2. The van der Waals surface area contributed by atoms with E-state index in [1.54, 1.807) is 26.4 Å². The number of carbonyl (C=O) groups excluding carboxylic acids is 2. The van der Waals surface area contributed by atoms with Crippen LogP contribution in [-0.2, 0) is 9.59 Å². The lowest BCUT2D eigenvalue weighted by Crippen LogP contribution is -2.08. The molecule has 2 rings (SSSR count). The number of benzene rings is 2. The Morgan fingerprint density at radius 3 is 1.45 bits per heavy atom. The maximum absolute atomic E-state index is 12.2. The summed E-state index contributed by atoms with van der Waals surface area (Å²) in [6.07, 6.45) is 5.95. The molecule has 31 heavy (non-hydrogen) atoms. The van der Waals surface area contributed by atoms with Crippen molar-refractivity contribution >= 4 is 35.1 Å². The molecule has 0 saturated heterocycles. The molecule has 0 spiro atoms. The molecule has 0 fully saturated rings. The molecule has 0 amide bonds. The van der Waals surface area contributed by atoms with E-state index in [4.69, 9.17) is 9.47 Å². The SMILES string of the molecule is COc1cc(N(C)C)ccc1/C=C/C(=O)CC(=O)/C=C/c1ccc(N(C)C)cc1OC. The quantitative estimate of drug-likeness (QED) is 0.425. The first kappa shape index (κ1) is 23.7. The molecule has 0 aromatic heterocycles. The second-order valence-corrected chi connectivity index (χ2v) is 7.42. The fourth-order valence-electron chi connectivity index (χ4n) is 2.89. The lowest BCUT2D eigenvalue weighted by Gasteiger charge is -2.14. The Balaban J connectivity index is 2.04. The highest BCUT2D eigenvalue weighted by atomic mass is 16.5. The van der Waals surface area contributed by atoms with Gasteiger partial charge in [-0.05, 0) is 48.6 Å². The first-order chi connectivity index (χ1) is 14.7. The number of rotatable bonds is 10. The summed E-state index contributed by atoms with van der Waals surface area (Å²) < 4.78 is 10.8. The van der Waals surface area contributed by atoms with E-state index < -0.39 is 0 Å². The molecule has 0 atom stereocenters. The van der Waals surface area contributed by atoms with E-state index in [9.17, 15) is 9.59 Å². The van der Waals surface area contributed by atoms with E-state index in [0.717, 1.165) is 22.5 Å². The Bertz CT molecular complexity index is 912. The number of methoxy groups -OCH3 is 2. The predicted octanol–water partition coefficient (Wildman–Crippen LogP) is 4.09. The second kappa shape index (κ2) is 11.0. The largest absolute Gasteiger partial charge is 0.496 e. The third kappa shape index (κ3) is 6.74. The van der Waals surface area contributed by atoms with Crippen molar-refractivity contribution in [3.05, 3.63) is 59.7 Å². The fourth-order valence-corrected chi connectivity index (χ4v) is 2.89. The lowest BCUT2D eigenvalue weighted by molar-refractivity contribution is -0.121. The molecule has 0 saturated carbocycles. The minimum atomic E-state index is -0.275. The molecular formula is C25H30N2O4. The monoisotopic (exact) mass is 422 g/mol. The Kier molecular flexibility index (Phi) is 8.43. The highest BCUT2D eigenvalue weighted by Gasteiger charge is 2.08. The zero-order chi connectivity index (χ0) is 23.0. The molecule has 0 N–H and O–H groups in total. The van der Waals surface area contributed by atoms with Crippen LogP contribution in [0.4, 0.5) is 11.4 Å². The van der Waals surface area contributed by atoms with E-state index in [-0.39, 0.29) is 18.0 Å². The van der Waals surface area contributed by atoms with Crippen LogP contribution in [0.2, 0.25) is 0 Å². The van der Waals surface area contributed by atoms with Crippen LogP contribution in [0, 0.1) is 0 Å². The second-order valence-electron chi connectivity index (χ2n) is 7.42. The van der Waals surface area contributed by atoms with Crippen molar-refractivity contribution in [2.75, 3.05) is 52.2 Å². The minimum Gasteiger partial charge on any atom is -0.496 e. The molecule has 0 bridgehead atoms. The van der Waals surface area contributed by atoms with Crippen molar-refractivity contribution in [1.82, 2.24) is 0 Å². The van der Waals surface area contributed by atoms with Gasteiger partial charge >= 0.3 is 0 Å². The van der Waals surface area contributed by atoms with E-state index in [1.165, 1.54) is 12.2 Å². The summed E-state index contributed by atoms with van der Waals surface area (Å²) >= 11 is 0. The van der Waals surface area contributed by atoms with Crippen LogP contribution in [0.3, 0.4) is 0 Å². The molecule has 164 valence electrons. The van der Waals surface area contributed by atoms with Crippen molar-refractivity contribution in [3.8, 4) is 11.5 Å². The highest BCUT2D eigenvalue weighted by Crippen LogP contribution is 2.27. The van der Waals surface area contributed by atoms with Gasteiger partial charge in [0.2, 0.25) is 0 Å². The van der Waals surface area contributed by atoms with Gasteiger partial charge in [-0.1, -0.05) is 0 Å². The Hall–Kier alpha value is -3.54. The third-order valence-electron chi connectivity index (χ3n) is 4.71. The van der Waals surface area contributed by atoms with Gasteiger partial charge in [0.1, 0.15) is 11.5 Å². The highest BCUT2D eigenvalue weighted by molar-refractivity contribution is 6.11. The van der Waals surface area contributed by atoms with Gasteiger partial charge in [0.25, 0.3) is 0 Å². The Labute approximate surface area is 184 Å². The molecule has 0 heterocycles. The summed E-state index contributed by atoms with van der Waals surface area (Å²) in [5.74, 6) is 0.774. The van der Waals surface area contributed by atoms with Gasteiger partial charge in [-0.15, -0.1) is 0 Å². The summed E-state index contributed by atoms with van der Waals surface area (Å²) in [5, 5.41) is 0. The van der Waals surface area contributed by atoms with Crippen LogP contribution in [0.5, 0.6) is 11.5 Å². The van der Waals surface area contributed by atoms with Gasteiger partial charge in [-0.2, -0.15) is 0 Å². The van der Waals surface area contributed by atoms with Crippen molar-refractivity contribution in [2.45, 2.75) is 6.42 Å². The average Bonchev–Trinajstić information content (AvgIpc) is 2.75. The van der Waals surface area contributed by atoms with E-state index in [2.05, 4.69) is 0 Å². The minimum absolute atomic E-state index is 0.205. The lowest BCUT2D eigenvalue weighted by atomic mass is 10.1. The van der Waals surface area contributed by atoms with Gasteiger partial charge in [0.15, 0.2) is 11.6 Å². The normalized spacial score (nSPS) is 11.0. The first-order valence-corrected chi connectivity index (χ1v) is 9.87.